The molecule has 6 aliphatic rings. The van der Waals surface area contributed by atoms with Crippen LogP contribution in [0.4, 0.5) is 0 Å². The van der Waals surface area contributed by atoms with E-state index < -0.39 is 23.4 Å². The molecule has 2 atom stereocenters. The number of nitrogens with two attached hydrogens (primary N) is 1. The van der Waals surface area contributed by atoms with Gasteiger partial charge in [-0.1, -0.05) is 96.5 Å². The molecule has 2 aliphatic heterocycles. The fourth-order valence-corrected chi connectivity index (χ4v) is 8.88. The largest absolute Gasteiger partial charge is 0.457 e. The number of hydrogen-bond donors (Lipinski definition) is 3. The predicted octanol–water partition coefficient (Wildman–Crippen LogP) is 7.19. The number of fused-ring (bicyclic) bond motifs is 1. The zero-order chi connectivity index (χ0) is 39.6. The van der Waals surface area contributed by atoms with Crippen molar-refractivity contribution in [1.29, 1.82) is 5.41 Å². The Morgan fingerprint density at radius 3 is 2.02 bits per heavy atom. The van der Waals surface area contributed by atoms with Gasteiger partial charge in [-0.05, 0) is 41.5 Å². The Hall–Kier alpha value is -6.07. The molecule has 0 amide bonds. The Bertz CT molecular complexity index is 2520. The molecule has 0 fully saturated rings. The Balaban J connectivity index is 0.000000157. The van der Waals surface area contributed by atoms with Crippen molar-refractivity contribution in [3.63, 3.8) is 0 Å². The zero-order valence-corrected chi connectivity index (χ0v) is 32.2. The summed E-state index contributed by atoms with van der Waals surface area (Å²) < 4.78 is 6.84. The third-order valence-corrected chi connectivity index (χ3v) is 11.6. The van der Waals surface area contributed by atoms with Crippen LogP contribution in [-0.4, -0.2) is 40.9 Å². The molecule has 0 saturated carbocycles. The smallest absolute Gasteiger partial charge is 0.229 e. The zero-order valence-electron chi connectivity index (χ0n) is 30.6. The van der Waals surface area contributed by atoms with E-state index in [1.54, 1.807) is 24.3 Å². The minimum Gasteiger partial charge on any atom is -0.457 e. The van der Waals surface area contributed by atoms with Crippen LogP contribution in [0.3, 0.4) is 0 Å². The van der Waals surface area contributed by atoms with Crippen molar-refractivity contribution in [1.82, 2.24) is 5.32 Å². The molecule has 2 heterocycles. The first-order chi connectivity index (χ1) is 26.8. The van der Waals surface area contributed by atoms with Crippen LogP contribution in [0.1, 0.15) is 89.6 Å². The van der Waals surface area contributed by atoms with Gasteiger partial charge in [-0.2, -0.15) is 0 Å². The molecule has 2 unspecified atom stereocenters. The predicted molar refractivity (Wildman–Crippen MR) is 210 cm³/mol. The summed E-state index contributed by atoms with van der Waals surface area (Å²) in [5, 5.41) is 10.6. The van der Waals surface area contributed by atoms with Gasteiger partial charge in [0, 0.05) is 75.3 Å². The minimum atomic E-state index is -0.643. The van der Waals surface area contributed by atoms with Gasteiger partial charge in [-0.3, -0.25) is 28.8 Å². The van der Waals surface area contributed by atoms with Crippen molar-refractivity contribution in [2.75, 3.05) is 0 Å². The second-order valence-corrected chi connectivity index (χ2v) is 16.3. The van der Waals surface area contributed by atoms with E-state index in [2.05, 4.69) is 21.2 Å². The maximum absolute atomic E-state index is 13.4. The molecule has 3 aromatic rings. The summed E-state index contributed by atoms with van der Waals surface area (Å²) in [4.78, 5) is 78.5. The number of carbonyl (C=O) groups excluding carboxylic acids is 6. The fourth-order valence-electron chi connectivity index (χ4n) is 8.61. The van der Waals surface area contributed by atoms with Crippen LogP contribution in [-0.2, 0) is 23.9 Å². The molecule has 10 nitrogen and oxygen atoms in total. The molecule has 4 aliphatic carbocycles. The number of halogens is 1. The lowest BCUT2D eigenvalue weighted by Crippen LogP contribution is -2.44. The average Bonchev–Trinajstić information content (AvgIpc) is 3.18. The fraction of sp³-hybridized carbons (Fsp3) is 0.222. The Morgan fingerprint density at radius 1 is 0.714 bits per heavy atom. The van der Waals surface area contributed by atoms with Crippen molar-refractivity contribution in [2.24, 2.45) is 11.1 Å². The third-order valence-electron chi connectivity index (χ3n) is 11.1. The SMILES string of the molecule is CC1(C)CC(=O)C2=C(C1)NC1=C(C(=O)C(C=N)=C(N)C1=O)C2c1ccccc1.O=C1CCCC2=C1C(c1ccc(Br)cc1)C1=C(O2)C(=O)c2ccccc2C1=O. The van der Waals surface area contributed by atoms with E-state index in [9.17, 15) is 28.8 Å². The van der Waals surface area contributed by atoms with Gasteiger partial charge < -0.3 is 21.2 Å². The van der Waals surface area contributed by atoms with Gasteiger partial charge in [0.1, 0.15) is 5.76 Å². The highest BCUT2D eigenvalue weighted by molar-refractivity contribution is 9.10. The summed E-state index contributed by atoms with van der Waals surface area (Å²) in [5.41, 5.74) is 9.91. The molecule has 0 aromatic heterocycles. The molecule has 0 spiro atoms. The highest BCUT2D eigenvalue weighted by Gasteiger charge is 2.48. The van der Waals surface area contributed by atoms with Gasteiger partial charge in [-0.25, -0.2) is 0 Å². The minimum absolute atomic E-state index is 0.0140. The number of ether oxygens (including phenoxy) is 1. The highest BCUT2D eigenvalue weighted by atomic mass is 79.9. The standard InChI is InChI=1S/C23H15BrO4.C22H21N3O3/c24-13-10-8-12(9-11-13)18-19-16(25)6-3-7-17(19)28-23-20(18)21(26)14-4-1-2-5-15(14)22(23)27;1-22(2)8-13-16(14(26)9-22)15(11-6-4-3-5-7-11)17-19(25-13)21(28)18(24)12(10-23)20(17)27/h1-2,4-5,8-11,18H,3,6-7H2;3-7,10,15,23,25H,8-9,24H2,1-2H3. The molecule has 9 rings (SSSR count). The van der Waals surface area contributed by atoms with Gasteiger partial charge >= 0.3 is 0 Å². The van der Waals surface area contributed by atoms with Gasteiger partial charge in [0.25, 0.3) is 0 Å². The second kappa shape index (κ2) is 13.9. The number of Topliss-reactive ketones (excluding diaryl/α,β-unsaturated/α-hetero) is 6. The van der Waals surface area contributed by atoms with Crippen LogP contribution < -0.4 is 11.1 Å². The van der Waals surface area contributed by atoms with Crippen LogP contribution in [0.5, 0.6) is 0 Å². The monoisotopic (exact) mass is 809 g/mol. The summed E-state index contributed by atoms with van der Waals surface area (Å²) in [6.45, 7) is 4.01. The van der Waals surface area contributed by atoms with Gasteiger partial charge in [0.2, 0.25) is 11.6 Å². The summed E-state index contributed by atoms with van der Waals surface area (Å²) in [5.74, 6) is -2.18. The van der Waals surface area contributed by atoms with E-state index in [1.807, 2.05) is 68.4 Å². The number of allylic oxidation sites excluding steroid dienone is 8. The number of benzene rings is 3. The second-order valence-electron chi connectivity index (χ2n) is 15.4. The number of dihydropyridines is 1. The molecule has 0 radical (unpaired) electrons. The van der Waals surface area contributed by atoms with Crippen molar-refractivity contribution in [3.8, 4) is 0 Å². The molecule has 280 valence electrons. The van der Waals surface area contributed by atoms with Crippen LogP contribution in [0.2, 0.25) is 0 Å². The van der Waals surface area contributed by atoms with Crippen LogP contribution in [0.25, 0.3) is 0 Å². The first-order valence-corrected chi connectivity index (χ1v) is 19.1. The van der Waals surface area contributed by atoms with E-state index in [0.717, 1.165) is 21.8 Å². The first-order valence-electron chi connectivity index (χ1n) is 18.4. The molecule has 0 bridgehead atoms. The number of ketones is 6. The summed E-state index contributed by atoms with van der Waals surface area (Å²) in [6.07, 6.45) is 3.49. The van der Waals surface area contributed by atoms with Crippen molar-refractivity contribution < 1.29 is 33.5 Å². The van der Waals surface area contributed by atoms with E-state index in [0.29, 0.717) is 65.8 Å². The molecule has 11 heteroatoms. The summed E-state index contributed by atoms with van der Waals surface area (Å²) >= 11 is 3.43. The third kappa shape index (κ3) is 5.97. The number of hydrogen-bond acceptors (Lipinski definition) is 10. The van der Waals surface area contributed by atoms with E-state index >= 15 is 0 Å². The van der Waals surface area contributed by atoms with E-state index in [1.165, 1.54) is 0 Å². The summed E-state index contributed by atoms with van der Waals surface area (Å²) in [7, 11) is 0. The molecular weight excluding hydrogens is 774 g/mol. The van der Waals surface area contributed by atoms with E-state index in [-0.39, 0.29) is 62.4 Å². The van der Waals surface area contributed by atoms with Gasteiger partial charge in [-0.15, -0.1) is 0 Å². The Labute approximate surface area is 330 Å². The lowest BCUT2D eigenvalue weighted by Gasteiger charge is -2.40. The van der Waals surface area contributed by atoms with Crippen molar-refractivity contribution in [3.05, 3.63) is 162 Å². The lowest BCUT2D eigenvalue weighted by molar-refractivity contribution is -0.119. The number of nitrogens with one attached hydrogen (secondary N) is 2. The topological polar surface area (TPSA) is 174 Å². The molecule has 4 N–H and O–H groups in total. The van der Waals surface area contributed by atoms with Crippen LogP contribution >= 0.6 is 15.9 Å². The normalized spacial score (nSPS) is 22.6. The van der Waals surface area contributed by atoms with E-state index in [4.69, 9.17) is 15.9 Å². The molecule has 56 heavy (non-hydrogen) atoms. The van der Waals surface area contributed by atoms with Gasteiger partial charge in [0.05, 0.1) is 22.5 Å². The number of carbonyl (C=O) groups is 6. The van der Waals surface area contributed by atoms with Crippen molar-refractivity contribution >= 4 is 56.8 Å². The quantitative estimate of drug-likeness (QED) is 0.183. The molecular formula is C45H36BrN3O7. The number of rotatable bonds is 3. The molecule has 3 aromatic carbocycles. The van der Waals surface area contributed by atoms with Crippen LogP contribution in [0, 0.1) is 10.8 Å². The summed E-state index contributed by atoms with van der Waals surface area (Å²) in [6, 6.07) is 23.5. The Morgan fingerprint density at radius 2 is 1.34 bits per heavy atom. The van der Waals surface area contributed by atoms with Crippen molar-refractivity contribution in [2.45, 2.75) is 57.8 Å². The average molecular weight is 811 g/mol. The molecule has 0 saturated heterocycles. The van der Waals surface area contributed by atoms with Gasteiger partial charge in [0.15, 0.2) is 28.9 Å². The lowest BCUT2D eigenvalue weighted by atomic mass is 9.66. The highest BCUT2D eigenvalue weighted by Crippen LogP contribution is 2.50. The van der Waals surface area contributed by atoms with Crippen LogP contribution in [0.15, 0.2) is 140 Å². The Kier molecular flexibility index (Phi) is 9.15. The maximum atomic E-state index is 13.4. The maximum Gasteiger partial charge on any atom is 0.229 e. The first kappa shape index (κ1) is 36.9.